The lowest BCUT2D eigenvalue weighted by atomic mass is 9.81. The summed E-state index contributed by atoms with van der Waals surface area (Å²) in [5.74, 6) is 3.30. The Morgan fingerprint density at radius 1 is 1.26 bits per heavy atom. The lowest BCUT2D eigenvalue weighted by Gasteiger charge is -2.25. The molecule has 0 bridgehead atoms. The summed E-state index contributed by atoms with van der Waals surface area (Å²) in [4.78, 5) is 4.46. The molecule has 0 heterocycles. The predicted octanol–water partition coefficient (Wildman–Crippen LogP) is 3.47. The number of hydrogen-bond acceptors (Lipinski definition) is 1. The second-order valence-electron chi connectivity index (χ2n) is 5.57. The SMILES string of the molecule is I.NC(=NC[C@@H]1C[C@H]1C1CCC1)Nc1ccccc1. The predicted molar refractivity (Wildman–Crippen MR) is 90.9 cm³/mol. The van der Waals surface area contributed by atoms with Gasteiger partial charge in [0, 0.05) is 12.2 Å². The first-order valence-electron chi connectivity index (χ1n) is 6.95. The third-order valence-corrected chi connectivity index (χ3v) is 4.27. The molecule has 0 saturated heterocycles. The van der Waals surface area contributed by atoms with E-state index in [-0.39, 0.29) is 24.0 Å². The molecule has 0 unspecified atom stereocenters. The van der Waals surface area contributed by atoms with E-state index in [1.54, 1.807) is 0 Å². The Kier molecular flexibility index (Phi) is 5.07. The van der Waals surface area contributed by atoms with E-state index in [1.807, 2.05) is 30.3 Å². The summed E-state index contributed by atoms with van der Waals surface area (Å²) >= 11 is 0. The van der Waals surface area contributed by atoms with Gasteiger partial charge in [-0.25, -0.2) is 0 Å². The van der Waals surface area contributed by atoms with Crippen LogP contribution in [-0.2, 0) is 0 Å². The first-order valence-corrected chi connectivity index (χ1v) is 6.95. The van der Waals surface area contributed by atoms with Gasteiger partial charge in [-0.3, -0.25) is 4.99 Å². The van der Waals surface area contributed by atoms with E-state index < -0.39 is 0 Å². The van der Waals surface area contributed by atoms with Gasteiger partial charge in [0.05, 0.1) is 0 Å². The molecule has 4 heteroatoms. The van der Waals surface area contributed by atoms with Crippen LogP contribution in [0.2, 0.25) is 0 Å². The molecule has 3 rings (SSSR count). The summed E-state index contributed by atoms with van der Waals surface area (Å²) < 4.78 is 0. The molecule has 3 nitrogen and oxygen atoms in total. The van der Waals surface area contributed by atoms with Gasteiger partial charge in [-0.2, -0.15) is 0 Å². The quantitative estimate of drug-likeness (QED) is 0.484. The van der Waals surface area contributed by atoms with Crippen LogP contribution in [0.25, 0.3) is 0 Å². The van der Waals surface area contributed by atoms with Gasteiger partial charge in [0.15, 0.2) is 5.96 Å². The number of guanidine groups is 1. The van der Waals surface area contributed by atoms with Crippen molar-refractivity contribution >= 4 is 35.6 Å². The van der Waals surface area contributed by atoms with Crippen LogP contribution in [0.15, 0.2) is 35.3 Å². The van der Waals surface area contributed by atoms with Crippen molar-refractivity contribution in [2.75, 3.05) is 11.9 Å². The summed E-state index contributed by atoms with van der Waals surface area (Å²) in [6.45, 7) is 0.896. The second-order valence-corrected chi connectivity index (χ2v) is 5.57. The van der Waals surface area contributed by atoms with E-state index in [9.17, 15) is 0 Å². The molecule has 2 fully saturated rings. The Labute approximate surface area is 132 Å². The van der Waals surface area contributed by atoms with Crippen LogP contribution in [0.4, 0.5) is 5.69 Å². The number of halogens is 1. The molecule has 3 N–H and O–H groups in total. The Hall–Kier alpha value is -0.780. The van der Waals surface area contributed by atoms with Gasteiger partial charge in [0.25, 0.3) is 0 Å². The number of aliphatic imine (C=N–C) groups is 1. The average Bonchev–Trinajstić information content (AvgIpc) is 3.05. The summed E-state index contributed by atoms with van der Waals surface area (Å²) in [5.41, 5.74) is 6.89. The molecule has 0 aromatic heterocycles. The van der Waals surface area contributed by atoms with E-state index in [0.29, 0.717) is 5.96 Å². The standard InChI is InChI=1S/C15H21N3.HI/c16-15(18-13-7-2-1-3-8-13)17-10-12-9-14(12)11-5-4-6-11;/h1-3,7-8,11-12,14H,4-6,9-10H2,(H3,16,17,18);1H/t12-,14-;/m0./s1. The fraction of sp³-hybridized carbons (Fsp3) is 0.533. The van der Waals surface area contributed by atoms with E-state index in [4.69, 9.17) is 5.73 Å². The number of hydrogen-bond donors (Lipinski definition) is 2. The third kappa shape index (κ3) is 3.84. The molecule has 1 aromatic carbocycles. The molecule has 2 aliphatic rings. The Morgan fingerprint density at radius 2 is 2.00 bits per heavy atom. The lowest BCUT2D eigenvalue weighted by Crippen LogP contribution is -2.23. The molecule has 104 valence electrons. The number of nitrogens with zero attached hydrogens (tertiary/aromatic N) is 1. The maximum absolute atomic E-state index is 5.89. The maximum atomic E-state index is 5.89. The molecular formula is C15H22IN3. The molecule has 0 amide bonds. The first-order chi connectivity index (χ1) is 8.83. The van der Waals surface area contributed by atoms with E-state index >= 15 is 0 Å². The Morgan fingerprint density at radius 3 is 2.63 bits per heavy atom. The van der Waals surface area contributed by atoms with Crippen molar-refractivity contribution in [1.29, 1.82) is 0 Å². The van der Waals surface area contributed by atoms with Gasteiger partial charge in [-0.1, -0.05) is 37.5 Å². The van der Waals surface area contributed by atoms with Crippen LogP contribution >= 0.6 is 24.0 Å². The Balaban J connectivity index is 0.00000133. The highest BCUT2D eigenvalue weighted by molar-refractivity contribution is 14.0. The number of para-hydroxylation sites is 1. The number of nitrogens with two attached hydrogens (primary N) is 1. The molecule has 19 heavy (non-hydrogen) atoms. The molecule has 2 saturated carbocycles. The van der Waals surface area contributed by atoms with Crippen molar-refractivity contribution in [2.45, 2.75) is 25.7 Å². The zero-order chi connectivity index (χ0) is 12.4. The van der Waals surface area contributed by atoms with Crippen molar-refractivity contribution < 1.29 is 0 Å². The van der Waals surface area contributed by atoms with Crippen molar-refractivity contribution in [3.63, 3.8) is 0 Å². The smallest absolute Gasteiger partial charge is 0.193 e. The second kappa shape index (κ2) is 6.59. The minimum absolute atomic E-state index is 0. The minimum atomic E-state index is 0. The van der Waals surface area contributed by atoms with Crippen molar-refractivity contribution in [3.8, 4) is 0 Å². The molecule has 0 radical (unpaired) electrons. The zero-order valence-electron chi connectivity index (χ0n) is 11.1. The third-order valence-electron chi connectivity index (χ3n) is 4.27. The van der Waals surface area contributed by atoms with E-state index in [2.05, 4.69) is 10.3 Å². The summed E-state index contributed by atoms with van der Waals surface area (Å²) in [6, 6.07) is 9.96. The van der Waals surface area contributed by atoms with Gasteiger partial charge in [0.2, 0.25) is 0 Å². The van der Waals surface area contributed by atoms with Gasteiger partial charge in [0.1, 0.15) is 0 Å². The largest absolute Gasteiger partial charge is 0.370 e. The number of benzene rings is 1. The highest BCUT2D eigenvalue weighted by Crippen LogP contribution is 2.51. The molecular weight excluding hydrogens is 349 g/mol. The lowest BCUT2D eigenvalue weighted by molar-refractivity contribution is 0.266. The minimum Gasteiger partial charge on any atom is -0.370 e. The fourth-order valence-corrected chi connectivity index (χ4v) is 2.85. The number of nitrogens with one attached hydrogen (secondary N) is 1. The molecule has 2 atom stereocenters. The van der Waals surface area contributed by atoms with Gasteiger partial charge in [-0.15, -0.1) is 24.0 Å². The highest BCUT2D eigenvalue weighted by Gasteiger charge is 2.44. The van der Waals surface area contributed by atoms with Crippen LogP contribution in [-0.4, -0.2) is 12.5 Å². The number of anilines is 1. The molecule has 2 aliphatic carbocycles. The highest BCUT2D eigenvalue weighted by atomic mass is 127. The van der Waals surface area contributed by atoms with Gasteiger partial charge in [-0.05, 0) is 36.3 Å². The van der Waals surface area contributed by atoms with Crippen LogP contribution < -0.4 is 11.1 Å². The summed E-state index contributed by atoms with van der Waals surface area (Å²) in [5, 5.41) is 3.12. The molecule has 0 aliphatic heterocycles. The maximum Gasteiger partial charge on any atom is 0.193 e. The monoisotopic (exact) mass is 371 g/mol. The number of rotatable bonds is 4. The average molecular weight is 371 g/mol. The van der Waals surface area contributed by atoms with Crippen LogP contribution in [0.5, 0.6) is 0 Å². The topological polar surface area (TPSA) is 50.4 Å². The normalized spacial score (nSPS) is 26.2. The van der Waals surface area contributed by atoms with Gasteiger partial charge >= 0.3 is 0 Å². The van der Waals surface area contributed by atoms with Crippen molar-refractivity contribution in [3.05, 3.63) is 30.3 Å². The molecule has 1 aromatic rings. The summed E-state index contributed by atoms with van der Waals surface area (Å²) in [6.07, 6.45) is 5.70. The van der Waals surface area contributed by atoms with Crippen molar-refractivity contribution in [1.82, 2.24) is 0 Å². The van der Waals surface area contributed by atoms with Crippen LogP contribution in [0.3, 0.4) is 0 Å². The van der Waals surface area contributed by atoms with Crippen molar-refractivity contribution in [2.24, 2.45) is 28.5 Å². The summed E-state index contributed by atoms with van der Waals surface area (Å²) in [7, 11) is 0. The fourth-order valence-electron chi connectivity index (χ4n) is 2.85. The van der Waals surface area contributed by atoms with Crippen LogP contribution in [0, 0.1) is 17.8 Å². The van der Waals surface area contributed by atoms with E-state index in [0.717, 1.165) is 30.0 Å². The molecule has 0 spiro atoms. The van der Waals surface area contributed by atoms with Crippen LogP contribution in [0.1, 0.15) is 25.7 Å². The first kappa shape index (κ1) is 14.6. The Bertz CT molecular complexity index is 428. The van der Waals surface area contributed by atoms with E-state index in [1.165, 1.54) is 25.7 Å². The van der Waals surface area contributed by atoms with Gasteiger partial charge < -0.3 is 11.1 Å². The zero-order valence-corrected chi connectivity index (χ0v) is 13.4.